The fourth-order valence-electron chi connectivity index (χ4n) is 6.54. The zero-order chi connectivity index (χ0) is 39.3. The summed E-state index contributed by atoms with van der Waals surface area (Å²) in [6.07, 6.45) is 9.85. The monoisotopic (exact) mass is 946 g/mol. The summed E-state index contributed by atoms with van der Waals surface area (Å²) in [5.74, 6) is 0. The van der Waals surface area contributed by atoms with Gasteiger partial charge in [0.1, 0.15) is 0 Å². The molecule has 288 valence electrons. The third kappa shape index (κ3) is 14.3. The Morgan fingerprint density at radius 3 is 0.660 bits per heavy atom. The number of hydrogen-bond acceptors (Lipinski definition) is 0. The fraction of sp³-hybridized carbons (Fsp3) is 0.500. The quantitative estimate of drug-likeness (QED) is 0.0873. The summed E-state index contributed by atoms with van der Waals surface area (Å²) in [5, 5.41) is 0. The van der Waals surface area contributed by atoms with Crippen LogP contribution in [0.3, 0.4) is 0 Å². The first-order valence-electron chi connectivity index (χ1n) is 19.7. The van der Waals surface area contributed by atoms with E-state index >= 15 is 0 Å². The molecule has 0 nitrogen and oxygen atoms in total. The second-order valence-corrected chi connectivity index (χ2v) is 52.8. The minimum atomic E-state index is -1.36. The molecule has 0 spiro atoms. The Bertz CT molecular complexity index is 1570. The van der Waals surface area contributed by atoms with Gasteiger partial charge in [-0.25, -0.2) is 0 Å². The zero-order valence-electron chi connectivity index (χ0n) is 35.0. The Kier molecular flexibility index (Phi) is 15.5. The van der Waals surface area contributed by atoms with Crippen molar-refractivity contribution >= 4 is 52.7 Å². The average Bonchev–Trinajstić information content (AvgIpc) is 3.07. The van der Waals surface area contributed by atoms with E-state index in [4.69, 9.17) is 0 Å². The second kappa shape index (κ2) is 18.3. The van der Waals surface area contributed by atoms with Crippen molar-refractivity contribution in [3.05, 3.63) is 142 Å². The number of hydrogen-bond donors (Lipinski definition) is 0. The van der Waals surface area contributed by atoms with Gasteiger partial charge in [0.25, 0.3) is 0 Å². The standard InChI is InChI=1S/C48H68P2Se3/c1-45(2,3)41-21-13-37(14-22-41)29-33-49(51,34-30-38-15-23-42(24-16-38)46(4,5)6)53-50(52,35-31-39-17-25-43(26-18-39)47(7,8)9)36-32-40-19-27-44(28-20-40)48(10,11)12/h13-28H,29-36H2,1-12H3. The van der Waals surface area contributed by atoms with Crippen LogP contribution in [-0.2, 0) is 47.3 Å². The Balaban J connectivity index is 1.62. The van der Waals surface area contributed by atoms with Crippen LogP contribution in [-0.4, -0.2) is 68.9 Å². The molecule has 53 heavy (non-hydrogen) atoms. The van der Waals surface area contributed by atoms with Crippen molar-refractivity contribution in [2.75, 3.05) is 24.6 Å². The Morgan fingerprint density at radius 1 is 0.340 bits per heavy atom. The summed E-state index contributed by atoms with van der Waals surface area (Å²) in [4.78, 5) is 0. The van der Waals surface area contributed by atoms with Gasteiger partial charge in [0, 0.05) is 0 Å². The van der Waals surface area contributed by atoms with Gasteiger partial charge in [0.15, 0.2) is 0 Å². The molecule has 0 saturated carbocycles. The van der Waals surface area contributed by atoms with Gasteiger partial charge >= 0.3 is 349 Å². The van der Waals surface area contributed by atoms with Crippen LogP contribution >= 0.6 is 8.40 Å². The van der Waals surface area contributed by atoms with Gasteiger partial charge in [-0.3, -0.25) is 0 Å². The van der Waals surface area contributed by atoms with E-state index in [-0.39, 0.29) is 21.7 Å². The topological polar surface area (TPSA) is 0 Å². The van der Waals surface area contributed by atoms with Gasteiger partial charge in [0.2, 0.25) is 0 Å². The van der Waals surface area contributed by atoms with Crippen molar-refractivity contribution in [1.82, 2.24) is 0 Å². The van der Waals surface area contributed by atoms with Gasteiger partial charge in [-0.2, -0.15) is 0 Å². The van der Waals surface area contributed by atoms with Crippen molar-refractivity contribution in [1.29, 1.82) is 0 Å². The molecule has 0 aromatic heterocycles. The van der Waals surface area contributed by atoms with E-state index in [0.717, 1.165) is 0 Å². The Hall–Kier alpha value is -0.702. The van der Waals surface area contributed by atoms with E-state index in [2.05, 4.69) is 210 Å². The van der Waals surface area contributed by atoms with Crippen LogP contribution in [0, 0.1) is 0 Å². The van der Waals surface area contributed by atoms with Crippen molar-refractivity contribution in [2.45, 2.75) is 130 Å². The first-order valence-corrected chi connectivity index (χ1v) is 32.9. The molecule has 4 rings (SSSR count). The van der Waals surface area contributed by atoms with Crippen molar-refractivity contribution in [3.8, 4) is 0 Å². The van der Waals surface area contributed by atoms with Crippen LogP contribution in [0.4, 0.5) is 0 Å². The summed E-state index contributed by atoms with van der Waals surface area (Å²) in [5.41, 5.74) is 12.4. The normalized spacial score (nSPS) is 13.4. The molecule has 0 aliphatic carbocycles. The molecule has 0 aliphatic rings. The Labute approximate surface area is 346 Å². The molecule has 0 unspecified atom stereocenters. The molecule has 0 saturated heterocycles. The van der Waals surface area contributed by atoms with E-state index in [0.29, 0.717) is 14.1 Å². The molecule has 0 radical (unpaired) electrons. The molecule has 0 amide bonds. The summed E-state index contributed by atoms with van der Waals surface area (Å²) >= 11 is 8.65. The molecular formula is C48H68P2Se3. The molecule has 0 aliphatic heterocycles. The van der Waals surface area contributed by atoms with Gasteiger partial charge in [0.05, 0.1) is 0 Å². The minimum absolute atomic E-state index is 0.182. The first-order chi connectivity index (χ1) is 24.4. The van der Waals surface area contributed by atoms with Crippen LogP contribution in [0.1, 0.15) is 128 Å². The van der Waals surface area contributed by atoms with Crippen LogP contribution < -0.4 is 0 Å². The van der Waals surface area contributed by atoms with Gasteiger partial charge in [-0.1, -0.05) is 0 Å². The maximum absolute atomic E-state index is 4.05. The van der Waals surface area contributed by atoms with E-state index in [1.165, 1.54) is 94.8 Å². The molecule has 0 atom stereocenters. The third-order valence-corrected chi connectivity index (χ3v) is 50.1. The Morgan fingerprint density at radius 2 is 0.509 bits per heavy atom. The van der Waals surface area contributed by atoms with E-state index in [1.54, 1.807) is 0 Å². The molecule has 0 N–H and O–H groups in total. The summed E-state index contributed by atoms with van der Waals surface area (Å²) < 4.78 is -2.71. The summed E-state index contributed by atoms with van der Waals surface area (Å²) in [6, 6.07) is 38.3. The molecule has 0 heterocycles. The van der Waals surface area contributed by atoms with Crippen LogP contribution in [0.5, 0.6) is 0 Å². The average molecular weight is 944 g/mol. The molecule has 4 aromatic rings. The van der Waals surface area contributed by atoms with E-state index < -0.39 is 8.40 Å². The zero-order valence-corrected chi connectivity index (χ0v) is 41.9. The van der Waals surface area contributed by atoms with Gasteiger partial charge < -0.3 is 0 Å². The number of rotatable bonds is 14. The number of benzene rings is 4. The van der Waals surface area contributed by atoms with Gasteiger partial charge in [-0.05, 0) is 0 Å². The van der Waals surface area contributed by atoms with Crippen LogP contribution in [0.15, 0.2) is 97.1 Å². The fourth-order valence-corrected chi connectivity index (χ4v) is 68.9. The van der Waals surface area contributed by atoms with Crippen LogP contribution in [0.25, 0.3) is 0 Å². The number of aryl methyl sites for hydroxylation is 4. The van der Waals surface area contributed by atoms with Crippen molar-refractivity contribution in [3.63, 3.8) is 0 Å². The first kappa shape index (κ1) is 45.0. The summed E-state index contributed by atoms with van der Waals surface area (Å²) in [6.45, 7) is 27.8. The predicted octanol–water partition coefficient (Wildman–Crippen LogP) is 12.9. The van der Waals surface area contributed by atoms with Crippen molar-refractivity contribution in [2.24, 2.45) is 0 Å². The third-order valence-electron chi connectivity index (χ3n) is 10.5. The predicted molar refractivity (Wildman–Crippen MR) is 246 cm³/mol. The van der Waals surface area contributed by atoms with E-state index in [1.807, 2.05) is 0 Å². The molecule has 5 heteroatoms. The van der Waals surface area contributed by atoms with Crippen LogP contribution in [0.2, 0.25) is 0 Å². The maximum atomic E-state index is 4.05. The second-order valence-electron chi connectivity index (χ2n) is 19.4. The molecular weight excluding hydrogens is 875 g/mol. The van der Waals surface area contributed by atoms with Crippen molar-refractivity contribution < 1.29 is 0 Å². The van der Waals surface area contributed by atoms with Gasteiger partial charge in [-0.15, -0.1) is 0 Å². The molecule has 0 bridgehead atoms. The van der Waals surface area contributed by atoms with E-state index in [9.17, 15) is 0 Å². The molecule has 4 aromatic carbocycles. The SMILES string of the molecule is CC(C)(C)c1ccc(CCP(=[Se])(CCc2ccc(C(C)(C)C)cc2)[Se]P(=[Se])(CCc2ccc(C(C)(C)C)cc2)CCc2ccc(C(C)(C)C)cc2)cc1. The molecule has 0 fully saturated rings. The summed E-state index contributed by atoms with van der Waals surface area (Å²) in [7, 11) is 0.